The minimum absolute atomic E-state index is 0.333. The third kappa shape index (κ3) is 5.41. The van der Waals surface area contributed by atoms with Gasteiger partial charge in [0.15, 0.2) is 0 Å². The minimum Gasteiger partial charge on any atom is -0.391 e. The first-order valence-corrected chi connectivity index (χ1v) is 10.2. The smallest absolute Gasteiger partial charge is 0.0707 e. The van der Waals surface area contributed by atoms with Crippen LogP contribution in [0.25, 0.3) is 0 Å². The number of piperidine rings is 1. The van der Waals surface area contributed by atoms with Crippen LogP contribution in [0.1, 0.15) is 36.9 Å². The Kier molecular flexibility index (Phi) is 7.05. The van der Waals surface area contributed by atoms with Crippen molar-refractivity contribution in [2.45, 2.75) is 38.3 Å². The van der Waals surface area contributed by atoms with E-state index in [9.17, 15) is 5.11 Å². The number of hydrogen-bond acceptors (Lipinski definition) is 4. The Hall–Kier alpha value is -1.69. The zero-order valence-corrected chi connectivity index (χ0v) is 17.0. The van der Waals surface area contributed by atoms with Crippen molar-refractivity contribution in [3.63, 3.8) is 0 Å². The molecule has 5 nitrogen and oxygen atoms in total. The molecule has 0 spiro atoms. The Morgan fingerprint density at radius 1 is 1.30 bits per heavy atom. The van der Waals surface area contributed by atoms with E-state index >= 15 is 0 Å². The maximum atomic E-state index is 10.5. The molecular formula is C22H34N4O. The van der Waals surface area contributed by atoms with Crippen LogP contribution in [0, 0.1) is 5.92 Å². The zero-order chi connectivity index (χ0) is 19.2. The van der Waals surface area contributed by atoms with Crippen molar-refractivity contribution in [2.75, 3.05) is 33.2 Å². The molecule has 3 atom stereocenters. The van der Waals surface area contributed by atoms with Crippen LogP contribution in [0.3, 0.4) is 0 Å². The summed E-state index contributed by atoms with van der Waals surface area (Å²) in [6.45, 7) is 6.18. The number of aryl methyl sites for hydroxylation is 1. The van der Waals surface area contributed by atoms with Crippen molar-refractivity contribution in [2.24, 2.45) is 13.0 Å². The second kappa shape index (κ2) is 9.49. The Bertz CT molecular complexity index is 687. The number of rotatable bonds is 8. The lowest BCUT2D eigenvalue weighted by Gasteiger charge is -2.42. The topological polar surface area (TPSA) is 44.5 Å². The highest BCUT2D eigenvalue weighted by atomic mass is 16.3. The number of nitrogens with zero attached hydrogens (tertiary/aromatic N) is 4. The lowest BCUT2D eigenvalue weighted by Crippen LogP contribution is -2.44. The molecule has 1 aliphatic rings. The van der Waals surface area contributed by atoms with Crippen LogP contribution < -0.4 is 0 Å². The maximum Gasteiger partial charge on any atom is 0.0707 e. The summed E-state index contributed by atoms with van der Waals surface area (Å²) < 4.78 is 1.90. The number of aliphatic hydroxyl groups excluding tert-OH is 1. The molecule has 2 heterocycles. The number of likely N-dealkylation sites (tertiary alicyclic amines) is 1. The molecule has 0 bridgehead atoms. The van der Waals surface area contributed by atoms with Gasteiger partial charge in [-0.3, -0.25) is 9.58 Å². The Labute approximate surface area is 163 Å². The van der Waals surface area contributed by atoms with Gasteiger partial charge >= 0.3 is 0 Å². The molecule has 1 aliphatic heterocycles. The van der Waals surface area contributed by atoms with Crippen LogP contribution >= 0.6 is 0 Å². The Morgan fingerprint density at radius 3 is 2.74 bits per heavy atom. The van der Waals surface area contributed by atoms with Crippen LogP contribution in [-0.2, 0) is 13.5 Å². The first kappa shape index (κ1) is 20.1. The highest BCUT2D eigenvalue weighted by Gasteiger charge is 2.33. The summed E-state index contributed by atoms with van der Waals surface area (Å²) in [5, 5.41) is 14.9. The van der Waals surface area contributed by atoms with Gasteiger partial charge in [-0.2, -0.15) is 5.10 Å². The molecule has 148 valence electrons. The summed E-state index contributed by atoms with van der Waals surface area (Å²) in [7, 11) is 4.13. The maximum absolute atomic E-state index is 10.5. The number of aromatic nitrogens is 2. The molecule has 0 saturated carbocycles. The monoisotopic (exact) mass is 370 g/mol. The molecule has 1 N–H and O–H groups in total. The number of aliphatic hydroxyl groups is 1. The molecule has 27 heavy (non-hydrogen) atoms. The number of likely N-dealkylation sites (N-methyl/N-ethyl adjacent to an activating group) is 1. The predicted octanol–water partition coefficient (Wildman–Crippen LogP) is 2.73. The Balaban J connectivity index is 1.61. The third-order valence-electron chi connectivity index (χ3n) is 5.72. The molecule has 3 rings (SSSR count). The van der Waals surface area contributed by atoms with Crippen LogP contribution in [0.2, 0.25) is 0 Å². The SMILES string of the molecule is CCN1CCC[C@@H](CN(C)C[C@@H](O)Cc2ccccc2)[C@@H]1c1cnn(C)c1. The molecule has 0 aliphatic carbocycles. The highest BCUT2D eigenvalue weighted by molar-refractivity contribution is 5.16. The van der Waals surface area contributed by atoms with Crippen LogP contribution in [-0.4, -0.2) is 64.0 Å². The first-order chi connectivity index (χ1) is 13.1. The van der Waals surface area contributed by atoms with Gasteiger partial charge in [0.1, 0.15) is 0 Å². The molecular weight excluding hydrogens is 336 g/mol. The fourth-order valence-electron chi connectivity index (χ4n) is 4.56. The van der Waals surface area contributed by atoms with E-state index in [1.165, 1.54) is 24.0 Å². The number of benzene rings is 1. The lowest BCUT2D eigenvalue weighted by atomic mass is 9.85. The van der Waals surface area contributed by atoms with E-state index in [1.807, 2.05) is 36.1 Å². The normalized spacial score (nSPS) is 22.3. The quantitative estimate of drug-likeness (QED) is 0.776. The van der Waals surface area contributed by atoms with E-state index in [1.54, 1.807) is 0 Å². The average Bonchev–Trinajstić information content (AvgIpc) is 3.08. The second-order valence-electron chi connectivity index (χ2n) is 7.99. The fourth-order valence-corrected chi connectivity index (χ4v) is 4.56. The van der Waals surface area contributed by atoms with Gasteiger partial charge in [0.2, 0.25) is 0 Å². The van der Waals surface area contributed by atoms with Crippen molar-refractivity contribution in [1.29, 1.82) is 0 Å². The lowest BCUT2D eigenvalue weighted by molar-refractivity contribution is 0.0599. The number of hydrogen-bond donors (Lipinski definition) is 1. The van der Waals surface area contributed by atoms with E-state index in [2.05, 4.69) is 47.2 Å². The molecule has 2 aromatic rings. The molecule has 1 aromatic heterocycles. The summed E-state index contributed by atoms with van der Waals surface area (Å²) in [6, 6.07) is 10.7. The van der Waals surface area contributed by atoms with Gasteiger partial charge in [-0.15, -0.1) is 0 Å². The van der Waals surface area contributed by atoms with Crippen molar-refractivity contribution in [3.05, 3.63) is 53.9 Å². The van der Waals surface area contributed by atoms with Gasteiger partial charge in [-0.05, 0) is 50.9 Å². The van der Waals surface area contributed by atoms with Gasteiger partial charge in [-0.25, -0.2) is 0 Å². The summed E-state index contributed by atoms with van der Waals surface area (Å²) in [4.78, 5) is 4.89. The van der Waals surface area contributed by atoms with E-state index in [0.29, 0.717) is 24.9 Å². The average molecular weight is 371 g/mol. The Morgan fingerprint density at radius 2 is 2.07 bits per heavy atom. The first-order valence-electron chi connectivity index (χ1n) is 10.2. The van der Waals surface area contributed by atoms with Gasteiger partial charge in [0, 0.05) is 37.9 Å². The van der Waals surface area contributed by atoms with E-state index in [0.717, 1.165) is 19.6 Å². The molecule has 0 unspecified atom stereocenters. The summed E-state index contributed by atoms with van der Waals surface area (Å²) >= 11 is 0. The minimum atomic E-state index is -0.333. The van der Waals surface area contributed by atoms with Crippen LogP contribution in [0.5, 0.6) is 0 Å². The van der Waals surface area contributed by atoms with Crippen LogP contribution in [0.15, 0.2) is 42.7 Å². The van der Waals surface area contributed by atoms with Gasteiger partial charge in [0.05, 0.1) is 12.3 Å². The summed E-state index contributed by atoms with van der Waals surface area (Å²) in [6.07, 6.45) is 7.04. The molecule has 0 amide bonds. The van der Waals surface area contributed by atoms with Gasteiger partial charge in [-0.1, -0.05) is 37.3 Å². The van der Waals surface area contributed by atoms with Gasteiger partial charge < -0.3 is 10.0 Å². The summed E-state index contributed by atoms with van der Waals surface area (Å²) in [5.74, 6) is 0.567. The predicted molar refractivity (Wildman–Crippen MR) is 110 cm³/mol. The van der Waals surface area contributed by atoms with E-state index < -0.39 is 0 Å². The van der Waals surface area contributed by atoms with Crippen LogP contribution in [0.4, 0.5) is 0 Å². The zero-order valence-electron chi connectivity index (χ0n) is 17.0. The molecule has 5 heteroatoms. The third-order valence-corrected chi connectivity index (χ3v) is 5.72. The molecule has 0 radical (unpaired) electrons. The highest BCUT2D eigenvalue weighted by Crippen LogP contribution is 2.36. The standard InChI is InChI=1S/C22H34N4O/c1-4-26-12-8-11-19(22(26)20-14-23-25(3)16-20)15-24(2)17-21(27)13-18-9-6-5-7-10-18/h5-7,9-10,14,16,19,21-22,27H,4,8,11-13,15,17H2,1-3H3/t19-,21-,22+/m0/s1. The van der Waals surface area contributed by atoms with Gasteiger partial charge in [0.25, 0.3) is 0 Å². The second-order valence-corrected chi connectivity index (χ2v) is 7.99. The summed E-state index contributed by atoms with van der Waals surface area (Å²) in [5.41, 5.74) is 2.52. The van der Waals surface area contributed by atoms with E-state index in [-0.39, 0.29) is 6.10 Å². The van der Waals surface area contributed by atoms with Crippen molar-refractivity contribution in [1.82, 2.24) is 19.6 Å². The fraction of sp³-hybridized carbons (Fsp3) is 0.591. The molecule has 1 saturated heterocycles. The van der Waals surface area contributed by atoms with Crippen molar-refractivity contribution < 1.29 is 5.11 Å². The molecule has 1 aromatic carbocycles. The van der Waals surface area contributed by atoms with E-state index in [4.69, 9.17) is 0 Å². The van der Waals surface area contributed by atoms with Crippen molar-refractivity contribution >= 4 is 0 Å². The van der Waals surface area contributed by atoms with Crippen molar-refractivity contribution in [3.8, 4) is 0 Å². The molecule has 1 fully saturated rings. The largest absolute Gasteiger partial charge is 0.391 e.